The minimum Gasteiger partial charge on any atom is -0.330 e. The van der Waals surface area contributed by atoms with Crippen LogP contribution >= 0.6 is 0 Å². The first-order chi connectivity index (χ1) is 4.31. The van der Waals surface area contributed by atoms with Crippen LogP contribution in [0.1, 0.15) is 0 Å². The van der Waals surface area contributed by atoms with Crippen molar-refractivity contribution >= 4 is 12.3 Å². The molecule has 0 atom stereocenters. The Morgan fingerprint density at radius 1 is 1.78 bits per heavy atom. The smallest absolute Gasteiger partial charge is 0.319 e. The van der Waals surface area contributed by atoms with Crippen LogP contribution in [-0.4, -0.2) is 18.9 Å². The van der Waals surface area contributed by atoms with Gasteiger partial charge in [0.25, 0.3) is 0 Å². The largest absolute Gasteiger partial charge is 0.330 e. The molecule has 0 aliphatic heterocycles. The molecule has 0 spiro atoms. The van der Waals surface area contributed by atoms with E-state index in [1.165, 1.54) is 12.5 Å². The zero-order valence-electron chi connectivity index (χ0n) is 4.81. The predicted octanol–water partition coefficient (Wildman–Crippen LogP) is -0.461. The zero-order valence-corrected chi connectivity index (χ0v) is 4.81. The van der Waals surface area contributed by atoms with Crippen molar-refractivity contribution in [3.8, 4) is 0 Å². The summed E-state index contributed by atoms with van der Waals surface area (Å²) in [6, 6.07) is -0.451. The highest BCUT2D eigenvalue weighted by atomic mass is 16.2. The number of hydrogen-bond donors (Lipinski definition) is 2. The number of urea groups is 1. The first-order valence-corrected chi connectivity index (χ1v) is 2.31. The van der Waals surface area contributed by atoms with Crippen LogP contribution in [0.25, 0.3) is 0 Å². The summed E-state index contributed by atoms with van der Waals surface area (Å²) >= 11 is 0. The fraction of sp³-hybridized carbons (Fsp3) is 0.200. The quantitative estimate of drug-likeness (QED) is 0.539. The molecule has 0 aromatic heterocycles. The SMILES string of the molecule is C=CNC(=O)NC[C]=O. The highest BCUT2D eigenvalue weighted by molar-refractivity contribution is 5.77. The summed E-state index contributed by atoms with van der Waals surface area (Å²) in [4.78, 5) is 19.8. The van der Waals surface area contributed by atoms with E-state index in [2.05, 4.69) is 17.2 Å². The summed E-state index contributed by atoms with van der Waals surface area (Å²) in [6.07, 6.45) is 2.72. The Kier molecular flexibility index (Phi) is 4.12. The van der Waals surface area contributed by atoms with Crippen LogP contribution in [0.3, 0.4) is 0 Å². The molecule has 0 aliphatic carbocycles. The molecule has 0 aromatic carbocycles. The van der Waals surface area contributed by atoms with E-state index in [9.17, 15) is 9.59 Å². The fourth-order valence-electron chi connectivity index (χ4n) is 0.260. The molecule has 0 heterocycles. The van der Waals surface area contributed by atoms with Crippen LogP contribution < -0.4 is 10.6 Å². The molecule has 0 rings (SSSR count). The summed E-state index contributed by atoms with van der Waals surface area (Å²) in [5.41, 5.74) is 0. The topological polar surface area (TPSA) is 58.2 Å². The number of carbonyl (C=O) groups excluding carboxylic acids is 2. The maximum Gasteiger partial charge on any atom is 0.319 e. The van der Waals surface area contributed by atoms with Crippen molar-refractivity contribution in [3.05, 3.63) is 12.8 Å². The summed E-state index contributed by atoms with van der Waals surface area (Å²) < 4.78 is 0. The second-order valence-electron chi connectivity index (χ2n) is 1.18. The number of amides is 2. The second-order valence-corrected chi connectivity index (χ2v) is 1.18. The van der Waals surface area contributed by atoms with Crippen molar-refractivity contribution < 1.29 is 9.59 Å². The van der Waals surface area contributed by atoms with Crippen molar-refractivity contribution in [1.29, 1.82) is 0 Å². The molecular weight excluding hydrogens is 120 g/mol. The van der Waals surface area contributed by atoms with Crippen LogP contribution in [0.15, 0.2) is 12.8 Å². The lowest BCUT2D eigenvalue weighted by Crippen LogP contribution is -2.32. The molecule has 0 saturated heterocycles. The van der Waals surface area contributed by atoms with E-state index in [-0.39, 0.29) is 6.54 Å². The molecule has 49 valence electrons. The first-order valence-electron chi connectivity index (χ1n) is 2.31. The van der Waals surface area contributed by atoms with E-state index in [1.807, 2.05) is 0 Å². The normalized spacial score (nSPS) is 7.56. The van der Waals surface area contributed by atoms with Crippen molar-refractivity contribution in [1.82, 2.24) is 10.6 Å². The van der Waals surface area contributed by atoms with E-state index in [4.69, 9.17) is 0 Å². The number of nitrogens with one attached hydrogen (secondary N) is 2. The maximum absolute atomic E-state index is 10.3. The van der Waals surface area contributed by atoms with E-state index >= 15 is 0 Å². The Morgan fingerprint density at radius 3 is 2.89 bits per heavy atom. The molecule has 1 radical (unpaired) electrons. The molecule has 0 aliphatic rings. The van der Waals surface area contributed by atoms with Gasteiger partial charge in [-0.1, -0.05) is 6.58 Å². The summed E-state index contributed by atoms with van der Waals surface area (Å²) in [5.74, 6) is 0. The number of carbonyl (C=O) groups is 1. The van der Waals surface area contributed by atoms with Crippen LogP contribution in [0.4, 0.5) is 4.79 Å². The van der Waals surface area contributed by atoms with E-state index in [0.717, 1.165) is 0 Å². The fourth-order valence-corrected chi connectivity index (χ4v) is 0.260. The Bertz CT molecular complexity index is 122. The Hall–Kier alpha value is -1.32. The van der Waals surface area contributed by atoms with E-state index < -0.39 is 6.03 Å². The van der Waals surface area contributed by atoms with Gasteiger partial charge in [-0.2, -0.15) is 0 Å². The van der Waals surface area contributed by atoms with Gasteiger partial charge < -0.3 is 10.6 Å². The summed E-state index contributed by atoms with van der Waals surface area (Å²) in [7, 11) is 0. The molecule has 0 unspecified atom stereocenters. The highest BCUT2D eigenvalue weighted by Crippen LogP contribution is 1.60. The minimum atomic E-state index is -0.451. The first kappa shape index (κ1) is 7.68. The van der Waals surface area contributed by atoms with Gasteiger partial charge in [0.2, 0.25) is 6.29 Å². The van der Waals surface area contributed by atoms with E-state index in [1.54, 1.807) is 0 Å². The van der Waals surface area contributed by atoms with Gasteiger partial charge in [0.15, 0.2) is 0 Å². The monoisotopic (exact) mass is 127 g/mol. The average Bonchev–Trinajstić information content (AvgIpc) is 1.85. The van der Waals surface area contributed by atoms with Gasteiger partial charge in [0, 0.05) is 0 Å². The standard InChI is InChI=1S/C5H7N2O2/c1-2-6-5(9)7-3-4-8/h2H,1,3H2,(H2,6,7,9). The lowest BCUT2D eigenvalue weighted by atomic mass is 10.7. The molecule has 0 aromatic rings. The Morgan fingerprint density at radius 2 is 2.44 bits per heavy atom. The van der Waals surface area contributed by atoms with Crippen LogP contribution in [0.2, 0.25) is 0 Å². The Labute approximate surface area is 52.9 Å². The lowest BCUT2D eigenvalue weighted by molar-refractivity contribution is 0.245. The minimum absolute atomic E-state index is 0.0975. The number of rotatable bonds is 3. The molecular formula is C5H7N2O2. The average molecular weight is 127 g/mol. The molecule has 4 nitrogen and oxygen atoms in total. The maximum atomic E-state index is 10.3. The van der Waals surface area contributed by atoms with Gasteiger partial charge in [0.1, 0.15) is 0 Å². The third-order valence-electron chi connectivity index (χ3n) is 0.554. The summed E-state index contributed by atoms with van der Waals surface area (Å²) in [5, 5.41) is 4.40. The Balaban J connectivity index is 3.26. The highest BCUT2D eigenvalue weighted by Gasteiger charge is 1.91. The second kappa shape index (κ2) is 4.83. The van der Waals surface area contributed by atoms with Crippen LogP contribution in [0, 0.1) is 0 Å². The van der Waals surface area contributed by atoms with Crippen LogP contribution in [0.5, 0.6) is 0 Å². The van der Waals surface area contributed by atoms with Gasteiger partial charge in [-0.15, -0.1) is 0 Å². The zero-order chi connectivity index (χ0) is 7.11. The lowest BCUT2D eigenvalue weighted by Gasteiger charge is -1.96. The molecule has 9 heavy (non-hydrogen) atoms. The van der Waals surface area contributed by atoms with Crippen molar-refractivity contribution in [3.63, 3.8) is 0 Å². The van der Waals surface area contributed by atoms with Crippen molar-refractivity contribution in [2.45, 2.75) is 0 Å². The summed E-state index contributed by atoms with van der Waals surface area (Å²) in [6.45, 7) is 3.14. The molecule has 0 saturated carbocycles. The molecule has 0 fully saturated rings. The van der Waals surface area contributed by atoms with Gasteiger partial charge in [-0.25, -0.2) is 4.79 Å². The predicted molar refractivity (Wildman–Crippen MR) is 32.4 cm³/mol. The van der Waals surface area contributed by atoms with E-state index in [0.29, 0.717) is 0 Å². The van der Waals surface area contributed by atoms with Crippen molar-refractivity contribution in [2.75, 3.05) is 6.54 Å². The molecule has 2 amide bonds. The number of hydrogen-bond acceptors (Lipinski definition) is 2. The van der Waals surface area contributed by atoms with Gasteiger partial charge in [-0.3, -0.25) is 4.79 Å². The third kappa shape index (κ3) is 4.53. The van der Waals surface area contributed by atoms with Gasteiger partial charge >= 0.3 is 6.03 Å². The molecule has 2 N–H and O–H groups in total. The molecule has 4 heteroatoms. The molecule has 0 bridgehead atoms. The third-order valence-corrected chi connectivity index (χ3v) is 0.554. The van der Waals surface area contributed by atoms with Gasteiger partial charge in [0.05, 0.1) is 6.54 Å². The van der Waals surface area contributed by atoms with Crippen molar-refractivity contribution in [2.24, 2.45) is 0 Å². The van der Waals surface area contributed by atoms with Gasteiger partial charge in [-0.05, 0) is 6.20 Å². The van der Waals surface area contributed by atoms with Crippen LogP contribution in [-0.2, 0) is 4.79 Å².